The fourth-order valence-corrected chi connectivity index (χ4v) is 2.28. The molecule has 0 radical (unpaired) electrons. The largest absolute Gasteiger partial charge is 0.347 e. The predicted octanol–water partition coefficient (Wildman–Crippen LogP) is 4.11. The van der Waals surface area contributed by atoms with Crippen molar-refractivity contribution in [2.24, 2.45) is 0 Å². The van der Waals surface area contributed by atoms with E-state index < -0.39 is 0 Å². The summed E-state index contributed by atoms with van der Waals surface area (Å²) in [6.07, 6.45) is 0.772. The van der Waals surface area contributed by atoms with Crippen LogP contribution in [0.1, 0.15) is 47.8 Å². The number of hydrogen-bond donors (Lipinski definition) is 1. The maximum Gasteiger partial charge on any atom is 0.251 e. The first-order chi connectivity index (χ1) is 9.85. The Hall–Kier alpha value is -2.09. The van der Waals surface area contributed by atoms with Crippen molar-refractivity contribution in [2.75, 3.05) is 0 Å². The Morgan fingerprint density at radius 2 is 1.71 bits per heavy atom. The lowest BCUT2D eigenvalue weighted by Gasteiger charge is -2.22. The van der Waals surface area contributed by atoms with Crippen LogP contribution in [0, 0.1) is 6.92 Å². The molecule has 110 valence electrons. The second-order valence-corrected chi connectivity index (χ2v) is 6.53. The van der Waals surface area contributed by atoms with E-state index >= 15 is 0 Å². The minimum absolute atomic E-state index is 0.00266. The molecule has 0 atom stereocenters. The van der Waals surface area contributed by atoms with Gasteiger partial charge >= 0.3 is 0 Å². The maximum atomic E-state index is 12.5. The predicted molar refractivity (Wildman–Crippen MR) is 87.6 cm³/mol. The molecule has 21 heavy (non-hydrogen) atoms. The molecule has 0 spiro atoms. The third-order valence-electron chi connectivity index (χ3n) is 3.24. The van der Waals surface area contributed by atoms with Gasteiger partial charge in [0.05, 0.1) is 0 Å². The molecule has 2 nitrogen and oxygen atoms in total. The van der Waals surface area contributed by atoms with Gasteiger partial charge < -0.3 is 5.32 Å². The minimum Gasteiger partial charge on any atom is -0.347 e. The first kappa shape index (κ1) is 15.3. The second-order valence-electron chi connectivity index (χ2n) is 6.53. The summed E-state index contributed by atoms with van der Waals surface area (Å²) in [4.78, 5) is 12.5. The zero-order chi connectivity index (χ0) is 15.5. The van der Waals surface area contributed by atoms with Crippen molar-refractivity contribution in [1.29, 1.82) is 0 Å². The van der Waals surface area contributed by atoms with E-state index in [2.05, 4.69) is 29.6 Å². The van der Waals surface area contributed by atoms with Gasteiger partial charge in [-0.25, -0.2) is 0 Å². The maximum absolute atomic E-state index is 12.5. The van der Waals surface area contributed by atoms with Gasteiger partial charge in [0.25, 0.3) is 5.91 Å². The molecule has 2 aromatic rings. The van der Waals surface area contributed by atoms with Crippen LogP contribution in [0.4, 0.5) is 0 Å². The van der Waals surface area contributed by atoms with Crippen LogP contribution < -0.4 is 5.32 Å². The highest BCUT2D eigenvalue weighted by atomic mass is 16.1. The number of nitrogens with one attached hydrogen (secondary N) is 1. The van der Waals surface area contributed by atoms with Crippen LogP contribution in [0.5, 0.6) is 0 Å². The van der Waals surface area contributed by atoms with Crippen molar-refractivity contribution in [1.82, 2.24) is 5.32 Å². The van der Waals surface area contributed by atoms with E-state index in [1.165, 1.54) is 5.56 Å². The van der Waals surface area contributed by atoms with E-state index in [0.717, 1.165) is 23.1 Å². The summed E-state index contributed by atoms with van der Waals surface area (Å²) in [6.45, 7) is 8.01. The molecule has 2 aromatic carbocycles. The van der Waals surface area contributed by atoms with Gasteiger partial charge in [0, 0.05) is 11.1 Å². The molecule has 0 aliphatic carbocycles. The van der Waals surface area contributed by atoms with Crippen molar-refractivity contribution < 1.29 is 4.79 Å². The van der Waals surface area contributed by atoms with Gasteiger partial charge in [-0.05, 0) is 51.3 Å². The molecule has 0 fully saturated rings. The zero-order valence-electron chi connectivity index (χ0n) is 13.2. The third-order valence-corrected chi connectivity index (χ3v) is 3.24. The first-order valence-corrected chi connectivity index (χ1v) is 7.31. The number of carbonyl (C=O) groups is 1. The summed E-state index contributed by atoms with van der Waals surface area (Å²) < 4.78 is 0. The van der Waals surface area contributed by atoms with Crippen LogP contribution in [-0.2, 0) is 6.42 Å². The number of hydrogen-bond acceptors (Lipinski definition) is 1. The van der Waals surface area contributed by atoms with E-state index in [-0.39, 0.29) is 11.4 Å². The van der Waals surface area contributed by atoms with Gasteiger partial charge in [-0.15, -0.1) is 0 Å². The summed E-state index contributed by atoms with van der Waals surface area (Å²) in [6, 6.07) is 16.3. The van der Waals surface area contributed by atoms with Gasteiger partial charge in [-0.1, -0.05) is 48.0 Å². The highest BCUT2D eigenvalue weighted by Gasteiger charge is 2.18. The van der Waals surface area contributed by atoms with Gasteiger partial charge in [0.2, 0.25) is 0 Å². The summed E-state index contributed by atoms with van der Waals surface area (Å²) in [7, 11) is 0. The molecule has 2 heteroatoms. The number of aryl methyl sites for hydroxylation is 1. The fourth-order valence-electron chi connectivity index (χ4n) is 2.28. The number of rotatable bonds is 3. The standard InChI is InChI=1S/C19H23NO/c1-14-10-11-16(13-15-8-6-5-7-9-15)17(12-14)18(21)20-19(2,3)4/h5-12H,13H2,1-4H3,(H,20,21). The average Bonchev–Trinajstić information content (AvgIpc) is 2.40. The smallest absolute Gasteiger partial charge is 0.251 e. The lowest BCUT2D eigenvalue weighted by atomic mass is 9.96. The van der Waals surface area contributed by atoms with Gasteiger partial charge in [-0.2, -0.15) is 0 Å². The molecule has 1 N–H and O–H groups in total. The number of amides is 1. The molecule has 0 unspecified atom stereocenters. The Kier molecular flexibility index (Phi) is 4.46. The monoisotopic (exact) mass is 281 g/mol. The molecule has 0 saturated heterocycles. The fraction of sp³-hybridized carbons (Fsp3) is 0.316. The molecule has 2 rings (SSSR count). The van der Waals surface area contributed by atoms with Crippen molar-refractivity contribution in [3.05, 3.63) is 70.8 Å². The van der Waals surface area contributed by atoms with Crippen LogP contribution in [0.3, 0.4) is 0 Å². The van der Waals surface area contributed by atoms with E-state index in [9.17, 15) is 4.79 Å². The molecule has 0 aliphatic rings. The molecule has 0 saturated carbocycles. The van der Waals surface area contributed by atoms with Crippen molar-refractivity contribution in [2.45, 2.75) is 39.7 Å². The lowest BCUT2D eigenvalue weighted by Crippen LogP contribution is -2.41. The van der Waals surface area contributed by atoms with E-state index in [1.54, 1.807) is 0 Å². The number of benzene rings is 2. The van der Waals surface area contributed by atoms with Crippen LogP contribution in [0.15, 0.2) is 48.5 Å². The molecular formula is C19H23NO. The quantitative estimate of drug-likeness (QED) is 0.901. The lowest BCUT2D eigenvalue weighted by molar-refractivity contribution is 0.0918. The van der Waals surface area contributed by atoms with Gasteiger partial charge in [0.15, 0.2) is 0 Å². The normalized spacial score (nSPS) is 11.2. The van der Waals surface area contributed by atoms with Gasteiger partial charge in [-0.3, -0.25) is 4.79 Å². The second kappa shape index (κ2) is 6.13. The van der Waals surface area contributed by atoms with Crippen LogP contribution in [-0.4, -0.2) is 11.4 Å². The zero-order valence-corrected chi connectivity index (χ0v) is 13.2. The first-order valence-electron chi connectivity index (χ1n) is 7.31. The molecule has 1 amide bonds. The third kappa shape index (κ3) is 4.45. The van der Waals surface area contributed by atoms with Crippen molar-refractivity contribution in [3.63, 3.8) is 0 Å². The Morgan fingerprint density at radius 3 is 2.33 bits per heavy atom. The molecule has 0 aromatic heterocycles. The Labute approximate surface area is 127 Å². The number of carbonyl (C=O) groups excluding carboxylic acids is 1. The topological polar surface area (TPSA) is 29.1 Å². The van der Waals surface area contributed by atoms with Crippen LogP contribution >= 0.6 is 0 Å². The van der Waals surface area contributed by atoms with Crippen LogP contribution in [0.25, 0.3) is 0 Å². The summed E-state index contributed by atoms with van der Waals surface area (Å²) in [5.41, 5.74) is 3.92. The Balaban J connectivity index is 2.32. The van der Waals surface area contributed by atoms with E-state index in [1.807, 2.05) is 52.0 Å². The average molecular weight is 281 g/mol. The van der Waals surface area contributed by atoms with Gasteiger partial charge in [0.1, 0.15) is 0 Å². The van der Waals surface area contributed by atoms with Crippen molar-refractivity contribution >= 4 is 5.91 Å². The summed E-state index contributed by atoms with van der Waals surface area (Å²) in [5.74, 6) is -0.00266. The SMILES string of the molecule is Cc1ccc(Cc2ccccc2)c(C(=O)NC(C)(C)C)c1. The minimum atomic E-state index is -0.231. The van der Waals surface area contributed by atoms with E-state index in [4.69, 9.17) is 0 Å². The summed E-state index contributed by atoms with van der Waals surface area (Å²) in [5, 5.41) is 3.05. The molecule has 0 heterocycles. The van der Waals surface area contributed by atoms with E-state index in [0.29, 0.717) is 0 Å². The highest BCUT2D eigenvalue weighted by molar-refractivity contribution is 5.96. The Morgan fingerprint density at radius 1 is 1.05 bits per heavy atom. The van der Waals surface area contributed by atoms with Crippen molar-refractivity contribution in [3.8, 4) is 0 Å². The van der Waals surface area contributed by atoms with Crippen LogP contribution in [0.2, 0.25) is 0 Å². The summed E-state index contributed by atoms with van der Waals surface area (Å²) >= 11 is 0. The molecular weight excluding hydrogens is 258 g/mol. The molecule has 0 bridgehead atoms. The Bertz CT molecular complexity index is 624. The molecule has 0 aliphatic heterocycles. The highest BCUT2D eigenvalue weighted by Crippen LogP contribution is 2.17.